The van der Waals surface area contributed by atoms with Crippen LogP contribution in [-0.2, 0) is 17.6 Å². The first-order valence-electron chi connectivity index (χ1n) is 9.71. The van der Waals surface area contributed by atoms with Crippen LogP contribution in [0.5, 0.6) is 5.75 Å². The summed E-state index contributed by atoms with van der Waals surface area (Å²) in [5.41, 5.74) is 6.64. The smallest absolute Gasteiger partial charge is 0.279 e. The predicted octanol–water partition coefficient (Wildman–Crippen LogP) is 3.51. The molecule has 1 heterocycles. The Morgan fingerprint density at radius 3 is 2.68 bits per heavy atom. The second kappa shape index (κ2) is 10.2. The number of ether oxygens (including phenoxy) is 2. The fourth-order valence-corrected chi connectivity index (χ4v) is 4.31. The topological polar surface area (TPSA) is 76.7 Å². The Balaban J connectivity index is 1.57. The maximum atomic E-state index is 12.5. The van der Waals surface area contributed by atoms with E-state index in [0.29, 0.717) is 36.0 Å². The third-order valence-electron chi connectivity index (χ3n) is 4.58. The second-order valence-electron chi connectivity index (χ2n) is 6.57. The lowest BCUT2D eigenvalue weighted by molar-refractivity contribution is 0.0842. The van der Waals surface area contributed by atoms with E-state index in [-0.39, 0.29) is 5.91 Å². The highest BCUT2D eigenvalue weighted by molar-refractivity contribution is 7.14. The molecule has 1 aliphatic carbocycles. The van der Waals surface area contributed by atoms with E-state index in [1.54, 1.807) is 24.3 Å². The highest BCUT2D eigenvalue weighted by Gasteiger charge is 2.18. The van der Waals surface area contributed by atoms with E-state index >= 15 is 0 Å². The van der Waals surface area contributed by atoms with E-state index in [1.807, 2.05) is 13.0 Å². The molecular weight excluding hydrogens is 376 g/mol. The summed E-state index contributed by atoms with van der Waals surface area (Å²) in [5, 5.41) is 0. The molecule has 0 unspecified atom stereocenters. The van der Waals surface area contributed by atoms with Crippen LogP contribution in [0.1, 0.15) is 56.7 Å². The first-order chi connectivity index (χ1) is 13.7. The molecule has 0 saturated carbocycles. The molecule has 1 aliphatic rings. The SMILES string of the molecule is CCOCCOc1ccccc1C(=O)NNC(=O)c1cc2c(s1)CCCCC2. The van der Waals surface area contributed by atoms with Crippen LogP contribution in [-0.4, -0.2) is 31.6 Å². The number of para-hydroxylation sites is 1. The Morgan fingerprint density at radius 1 is 1.04 bits per heavy atom. The van der Waals surface area contributed by atoms with Crippen LogP contribution in [0, 0.1) is 0 Å². The van der Waals surface area contributed by atoms with Crippen LogP contribution in [0.15, 0.2) is 30.3 Å². The maximum absolute atomic E-state index is 12.5. The molecule has 0 spiro atoms. The molecule has 1 aromatic heterocycles. The van der Waals surface area contributed by atoms with Gasteiger partial charge in [-0.05, 0) is 56.4 Å². The van der Waals surface area contributed by atoms with Crippen molar-refractivity contribution < 1.29 is 19.1 Å². The number of hydrogen-bond donors (Lipinski definition) is 2. The molecule has 6 nitrogen and oxygen atoms in total. The molecule has 0 radical (unpaired) electrons. The number of fused-ring (bicyclic) bond motifs is 1. The highest BCUT2D eigenvalue weighted by Crippen LogP contribution is 2.28. The molecule has 0 atom stereocenters. The zero-order valence-electron chi connectivity index (χ0n) is 16.1. The van der Waals surface area contributed by atoms with Gasteiger partial charge >= 0.3 is 0 Å². The molecule has 0 bridgehead atoms. The largest absolute Gasteiger partial charge is 0.490 e. The summed E-state index contributed by atoms with van der Waals surface area (Å²) < 4.78 is 10.9. The number of hydrazine groups is 1. The summed E-state index contributed by atoms with van der Waals surface area (Å²) in [7, 11) is 0. The molecule has 1 aromatic carbocycles. The first-order valence-corrected chi connectivity index (χ1v) is 10.5. The fraction of sp³-hybridized carbons (Fsp3) is 0.429. The van der Waals surface area contributed by atoms with Crippen LogP contribution < -0.4 is 15.6 Å². The van der Waals surface area contributed by atoms with Gasteiger partial charge in [-0.25, -0.2) is 0 Å². The molecule has 3 rings (SSSR count). The zero-order chi connectivity index (χ0) is 19.8. The molecule has 7 heteroatoms. The van der Waals surface area contributed by atoms with Gasteiger partial charge in [0.15, 0.2) is 0 Å². The van der Waals surface area contributed by atoms with Gasteiger partial charge in [-0.2, -0.15) is 0 Å². The van der Waals surface area contributed by atoms with Gasteiger partial charge in [0.1, 0.15) is 12.4 Å². The van der Waals surface area contributed by atoms with Gasteiger partial charge in [-0.15, -0.1) is 11.3 Å². The van der Waals surface area contributed by atoms with Gasteiger partial charge in [0.2, 0.25) is 0 Å². The Labute approximate surface area is 169 Å². The van der Waals surface area contributed by atoms with Gasteiger partial charge in [0.05, 0.1) is 17.0 Å². The summed E-state index contributed by atoms with van der Waals surface area (Å²) in [6, 6.07) is 8.88. The number of aryl methyl sites for hydroxylation is 2. The average Bonchev–Trinajstić information content (AvgIpc) is 3.00. The number of rotatable bonds is 7. The van der Waals surface area contributed by atoms with E-state index in [1.165, 1.54) is 41.0 Å². The number of carbonyl (C=O) groups is 2. The van der Waals surface area contributed by atoms with Gasteiger partial charge in [-0.3, -0.25) is 20.4 Å². The molecule has 2 N–H and O–H groups in total. The Kier molecular flexibility index (Phi) is 7.45. The predicted molar refractivity (Wildman–Crippen MR) is 109 cm³/mol. The third-order valence-corrected chi connectivity index (χ3v) is 5.82. The van der Waals surface area contributed by atoms with Crippen LogP contribution in [0.2, 0.25) is 0 Å². The zero-order valence-corrected chi connectivity index (χ0v) is 16.9. The normalized spacial score (nSPS) is 13.3. The number of amides is 2. The van der Waals surface area contributed by atoms with Gasteiger partial charge in [0, 0.05) is 11.5 Å². The van der Waals surface area contributed by atoms with Crippen molar-refractivity contribution in [2.24, 2.45) is 0 Å². The Morgan fingerprint density at radius 2 is 1.82 bits per heavy atom. The number of benzene rings is 1. The lowest BCUT2D eigenvalue weighted by Gasteiger charge is -2.12. The number of thiophene rings is 1. The standard InChI is InChI=1S/C21H26N2O4S/c1-2-26-12-13-27-17-10-7-6-9-16(17)20(24)22-23-21(25)19-14-15-8-4-3-5-11-18(15)28-19/h6-7,9-10,14H,2-5,8,11-13H2,1H3,(H,22,24)(H,23,25). The molecule has 2 amide bonds. The van der Waals surface area contributed by atoms with Gasteiger partial charge < -0.3 is 9.47 Å². The van der Waals surface area contributed by atoms with E-state index in [2.05, 4.69) is 10.9 Å². The number of nitrogens with one attached hydrogen (secondary N) is 2. The van der Waals surface area contributed by atoms with Crippen molar-refractivity contribution in [3.63, 3.8) is 0 Å². The van der Waals surface area contributed by atoms with E-state index in [9.17, 15) is 9.59 Å². The minimum atomic E-state index is -0.418. The van der Waals surface area contributed by atoms with Crippen LogP contribution in [0.3, 0.4) is 0 Å². The molecular formula is C21H26N2O4S. The van der Waals surface area contributed by atoms with Gasteiger partial charge in [0.25, 0.3) is 11.8 Å². The molecule has 2 aromatic rings. The molecule has 150 valence electrons. The molecule has 0 fully saturated rings. The molecule has 0 saturated heterocycles. The minimum Gasteiger partial charge on any atom is -0.490 e. The summed E-state index contributed by atoms with van der Waals surface area (Å²) >= 11 is 1.52. The van der Waals surface area contributed by atoms with Crippen molar-refractivity contribution in [2.75, 3.05) is 19.8 Å². The maximum Gasteiger partial charge on any atom is 0.279 e. The lowest BCUT2D eigenvalue weighted by atomic mass is 10.1. The second-order valence-corrected chi connectivity index (χ2v) is 7.71. The van der Waals surface area contributed by atoms with E-state index in [4.69, 9.17) is 9.47 Å². The number of carbonyl (C=O) groups excluding carboxylic acids is 2. The average molecular weight is 403 g/mol. The van der Waals surface area contributed by atoms with Crippen molar-refractivity contribution in [3.8, 4) is 5.75 Å². The Hall–Kier alpha value is -2.38. The summed E-state index contributed by atoms with van der Waals surface area (Å²) in [5.74, 6) is -0.253. The van der Waals surface area contributed by atoms with Crippen LogP contribution in [0.4, 0.5) is 0 Å². The van der Waals surface area contributed by atoms with Crippen molar-refractivity contribution >= 4 is 23.2 Å². The van der Waals surface area contributed by atoms with Crippen molar-refractivity contribution in [1.29, 1.82) is 0 Å². The van der Waals surface area contributed by atoms with Crippen molar-refractivity contribution in [1.82, 2.24) is 10.9 Å². The van der Waals surface area contributed by atoms with Crippen LogP contribution in [0.25, 0.3) is 0 Å². The lowest BCUT2D eigenvalue weighted by Crippen LogP contribution is -2.41. The van der Waals surface area contributed by atoms with Crippen molar-refractivity contribution in [3.05, 3.63) is 51.2 Å². The monoisotopic (exact) mass is 402 g/mol. The molecule has 0 aliphatic heterocycles. The van der Waals surface area contributed by atoms with Crippen LogP contribution >= 0.6 is 11.3 Å². The summed E-state index contributed by atoms with van der Waals surface area (Å²) in [4.78, 5) is 26.9. The quantitative estimate of drug-likeness (QED) is 0.422. The number of hydrogen-bond acceptors (Lipinski definition) is 5. The highest BCUT2D eigenvalue weighted by atomic mass is 32.1. The van der Waals surface area contributed by atoms with E-state index in [0.717, 1.165) is 12.8 Å². The van der Waals surface area contributed by atoms with Gasteiger partial charge in [-0.1, -0.05) is 18.6 Å². The summed E-state index contributed by atoms with van der Waals surface area (Å²) in [6.45, 7) is 3.33. The molecule has 28 heavy (non-hydrogen) atoms. The first kappa shape index (κ1) is 20.4. The minimum absolute atomic E-state index is 0.291. The Bertz CT molecular complexity index is 795. The van der Waals surface area contributed by atoms with Crippen molar-refractivity contribution in [2.45, 2.75) is 39.0 Å². The summed E-state index contributed by atoms with van der Waals surface area (Å²) in [6.07, 6.45) is 5.64. The fourth-order valence-electron chi connectivity index (χ4n) is 3.16. The van der Waals surface area contributed by atoms with E-state index < -0.39 is 5.91 Å². The third kappa shape index (κ3) is 5.33.